The fourth-order valence-corrected chi connectivity index (χ4v) is 5.22. The van der Waals surface area contributed by atoms with E-state index in [0.29, 0.717) is 28.4 Å². The average Bonchev–Trinajstić information content (AvgIpc) is 3.47. The number of hydrogen-bond donors (Lipinski definition) is 4. The number of nitrogens with zero attached hydrogens (tertiary/aromatic N) is 4. The van der Waals surface area contributed by atoms with Crippen LogP contribution in [0.1, 0.15) is 17.5 Å². The number of ether oxygens (including phenoxy) is 1. The van der Waals surface area contributed by atoms with Crippen molar-refractivity contribution in [3.05, 3.63) is 60.2 Å². The summed E-state index contributed by atoms with van der Waals surface area (Å²) in [7, 11) is 0. The molecule has 4 aromatic rings. The molecule has 1 saturated heterocycles. The number of anilines is 1. The molecule has 5 N–H and O–H groups in total. The number of rotatable bonds is 6. The van der Waals surface area contributed by atoms with Crippen molar-refractivity contribution in [2.24, 2.45) is 0 Å². The molecule has 4 heterocycles. The Balaban J connectivity index is 1.28. The quantitative estimate of drug-likeness (QED) is 0.350. The van der Waals surface area contributed by atoms with Gasteiger partial charge in [0.05, 0.1) is 17.2 Å². The number of aliphatic hydroxyl groups excluding tert-OH is 2. The van der Waals surface area contributed by atoms with Crippen LogP contribution in [0.25, 0.3) is 22.3 Å². The highest BCUT2D eigenvalue weighted by Gasteiger charge is 2.44. The molecule has 3 aromatic heterocycles. The summed E-state index contributed by atoms with van der Waals surface area (Å²) in [5.41, 5.74) is 10.6. The van der Waals surface area contributed by atoms with Crippen LogP contribution in [0.2, 0.25) is 0 Å². The van der Waals surface area contributed by atoms with E-state index in [-0.39, 0.29) is 0 Å². The van der Waals surface area contributed by atoms with Gasteiger partial charge in [0.2, 0.25) is 0 Å². The van der Waals surface area contributed by atoms with Crippen molar-refractivity contribution in [1.29, 1.82) is 0 Å². The van der Waals surface area contributed by atoms with Gasteiger partial charge in [0, 0.05) is 34.5 Å². The zero-order valence-electron chi connectivity index (χ0n) is 17.4. The Kier molecular flexibility index (Phi) is 5.60. The highest BCUT2D eigenvalue weighted by Crippen LogP contribution is 2.35. The van der Waals surface area contributed by atoms with Gasteiger partial charge < -0.3 is 25.3 Å². The number of aromatic amines is 1. The molecule has 166 valence electrons. The lowest BCUT2D eigenvalue weighted by Gasteiger charge is -2.17. The largest absolute Gasteiger partial charge is 0.387 e. The molecular weight excluding hydrogens is 428 g/mol. The highest BCUT2D eigenvalue weighted by molar-refractivity contribution is 7.98. The molecule has 0 amide bonds. The molecule has 1 fully saturated rings. The number of aromatic nitrogens is 5. The van der Waals surface area contributed by atoms with E-state index in [2.05, 4.69) is 20.2 Å². The lowest BCUT2D eigenvalue weighted by Crippen LogP contribution is -2.32. The van der Waals surface area contributed by atoms with Crippen molar-refractivity contribution in [2.45, 2.75) is 37.2 Å². The molecule has 9 nitrogen and oxygen atoms in total. The van der Waals surface area contributed by atoms with E-state index in [1.165, 1.54) is 6.33 Å². The van der Waals surface area contributed by atoms with Crippen LogP contribution < -0.4 is 5.73 Å². The number of aliphatic hydroxyl groups is 2. The Morgan fingerprint density at radius 1 is 1.16 bits per heavy atom. The van der Waals surface area contributed by atoms with Crippen molar-refractivity contribution in [2.75, 3.05) is 11.5 Å². The Hall–Kier alpha value is -2.92. The zero-order chi connectivity index (χ0) is 22.2. The minimum absolute atomic E-state index is 0.360. The fourth-order valence-electron chi connectivity index (χ4n) is 4.03. The van der Waals surface area contributed by atoms with E-state index in [9.17, 15) is 10.2 Å². The standard InChI is InChI=1S/C22H24N6O3S/c1-12-15(17(27-26-12)13-5-3-2-4-6-13)9-32-10-16-18(29)19(30)22(31-16)28-8-7-14-20(23)24-11-25-21(14)28/h2-8,11,16,18-19,22,29-30H,9-10H2,1H3,(H,26,27)(H2,23,24,25)/t16-,18-,19-,22-/m1/s1. The summed E-state index contributed by atoms with van der Waals surface area (Å²) >= 11 is 1.63. The first-order valence-corrected chi connectivity index (χ1v) is 11.5. The van der Waals surface area contributed by atoms with Gasteiger partial charge in [0.25, 0.3) is 0 Å². The van der Waals surface area contributed by atoms with Crippen LogP contribution in [0, 0.1) is 6.92 Å². The molecule has 0 unspecified atom stereocenters. The Bertz CT molecular complexity index is 1230. The van der Waals surface area contributed by atoms with Crippen LogP contribution in [0.3, 0.4) is 0 Å². The van der Waals surface area contributed by atoms with Gasteiger partial charge in [0.15, 0.2) is 6.23 Å². The molecule has 0 aliphatic carbocycles. The van der Waals surface area contributed by atoms with Crippen LogP contribution in [0.4, 0.5) is 5.82 Å². The van der Waals surface area contributed by atoms with E-state index < -0.39 is 24.5 Å². The van der Waals surface area contributed by atoms with Gasteiger partial charge in [-0.15, -0.1) is 0 Å². The van der Waals surface area contributed by atoms with E-state index in [1.807, 2.05) is 37.3 Å². The number of thioether (sulfide) groups is 1. The molecule has 0 bridgehead atoms. The predicted molar refractivity (Wildman–Crippen MR) is 123 cm³/mol. The van der Waals surface area contributed by atoms with Crippen molar-refractivity contribution < 1.29 is 14.9 Å². The smallest absolute Gasteiger partial charge is 0.164 e. The number of aryl methyl sites for hydroxylation is 1. The third-order valence-corrected chi connectivity index (χ3v) is 6.86. The molecule has 0 spiro atoms. The minimum Gasteiger partial charge on any atom is -0.387 e. The second-order valence-corrected chi connectivity index (χ2v) is 8.85. The van der Waals surface area contributed by atoms with E-state index in [1.54, 1.807) is 28.6 Å². The van der Waals surface area contributed by atoms with Crippen LogP contribution in [-0.2, 0) is 10.5 Å². The van der Waals surface area contributed by atoms with Gasteiger partial charge in [-0.1, -0.05) is 30.3 Å². The van der Waals surface area contributed by atoms with Crippen molar-refractivity contribution in [3.63, 3.8) is 0 Å². The molecule has 4 atom stereocenters. The van der Waals surface area contributed by atoms with Crippen LogP contribution in [0.15, 0.2) is 48.9 Å². The molecule has 0 radical (unpaired) electrons. The van der Waals surface area contributed by atoms with Crippen molar-refractivity contribution in [1.82, 2.24) is 24.7 Å². The summed E-state index contributed by atoms with van der Waals surface area (Å²) in [6.07, 6.45) is -0.253. The number of nitrogens with one attached hydrogen (secondary N) is 1. The molecular formula is C22H24N6O3S. The van der Waals surface area contributed by atoms with Gasteiger partial charge >= 0.3 is 0 Å². The summed E-state index contributed by atoms with van der Waals surface area (Å²) in [4.78, 5) is 8.25. The number of hydrogen-bond acceptors (Lipinski definition) is 8. The first kappa shape index (κ1) is 21.0. The van der Waals surface area contributed by atoms with Crippen LogP contribution in [-0.4, -0.2) is 59.0 Å². The second kappa shape index (κ2) is 8.55. The summed E-state index contributed by atoms with van der Waals surface area (Å²) in [6, 6.07) is 11.8. The van der Waals surface area contributed by atoms with Gasteiger partial charge in [0.1, 0.15) is 30.0 Å². The van der Waals surface area contributed by atoms with Crippen LogP contribution in [0.5, 0.6) is 0 Å². The predicted octanol–water partition coefficient (Wildman–Crippen LogP) is 2.26. The Labute approximate surface area is 188 Å². The fraction of sp³-hybridized carbons (Fsp3) is 0.318. The summed E-state index contributed by atoms with van der Waals surface area (Å²) in [6.45, 7) is 2.00. The second-order valence-electron chi connectivity index (χ2n) is 7.82. The molecule has 10 heteroatoms. The molecule has 0 saturated carbocycles. The van der Waals surface area contributed by atoms with Gasteiger partial charge in [-0.05, 0) is 13.0 Å². The lowest BCUT2D eigenvalue weighted by atomic mass is 10.1. The maximum Gasteiger partial charge on any atom is 0.164 e. The van der Waals surface area contributed by atoms with Crippen LogP contribution >= 0.6 is 11.8 Å². The SMILES string of the molecule is Cc1[nH]nc(-c2ccccc2)c1CSC[C@H]1O[C@@H](n2ccc3c(N)ncnc32)[C@H](O)[C@@H]1O. The average molecular weight is 453 g/mol. The normalized spacial score (nSPS) is 23.2. The number of nitrogens with two attached hydrogens (primary N) is 1. The van der Waals surface area contributed by atoms with Gasteiger partial charge in [-0.25, -0.2) is 9.97 Å². The maximum absolute atomic E-state index is 10.7. The monoisotopic (exact) mass is 452 g/mol. The Morgan fingerprint density at radius 2 is 1.97 bits per heavy atom. The molecule has 1 aliphatic rings. The van der Waals surface area contributed by atoms with E-state index in [4.69, 9.17) is 10.5 Å². The number of H-pyrrole nitrogens is 1. The van der Waals surface area contributed by atoms with Crippen molar-refractivity contribution >= 4 is 28.6 Å². The zero-order valence-corrected chi connectivity index (χ0v) is 18.2. The topological polar surface area (TPSA) is 135 Å². The number of nitrogen functional groups attached to an aromatic ring is 1. The first-order valence-electron chi connectivity index (χ1n) is 10.3. The maximum atomic E-state index is 10.7. The van der Waals surface area contributed by atoms with Crippen molar-refractivity contribution in [3.8, 4) is 11.3 Å². The molecule has 1 aliphatic heterocycles. The van der Waals surface area contributed by atoms with Gasteiger partial charge in [-0.3, -0.25) is 5.10 Å². The summed E-state index contributed by atoms with van der Waals surface area (Å²) in [5.74, 6) is 1.58. The third-order valence-electron chi connectivity index (χ3n) is 5.80. The number of benzene rings is 1. The summed E-state index contributed by atoms with van der Waals surface area (Å²) in [5, 5.41) is 29.5. The van der Waals surface area contributed by atoms with E-state index in [0.717, 1.165) is 22.5 Å². The minimum atomic E-state index is -1.08. The highest BCUT2D eigenvalue weighted by atomic mass is 32.2. The number of fused-ring (bicyclic) bond motifs is 1. The third kappa shape index (κ3) is 3.65. The first-order chi connectivity index (χ1) is 15.5. The molecule has 1 aromatic carbocycles. The molecule has 5 rings (SSSR count). The van der Waals surface area contributed by atoms with E-state index >= 15 is 0 Å². The Morgan fingerprint density at radius 3 is 2.78 bits per heavy atom. The lowest BCUT2D eigenvalue weighted by molar-refractivity contribution is -0.0285. The molecule has 32 heavy (non-hydrogen) atoms. The summed E-state index contributed by atoms with van der Waals surface area (Å²) < 4.78 is 7.75. The van der Waals surface area contributed by atoms with Gasteiger partial charge in [-0.2, -0.15) is 16.9 Å².